The predicted molar refractivity (Wildman–Crippen MR) is 55.0 cm³/mol. The van der Waals surface area contributed by atoms with Gasteiger partial charge in [-0.05, 0) is 29.7 Å². The molecule has 0 bridgehead atoms. The average molecular weight is 202 g/mol. The van der Waals surface area contributed by atoms with Crippen LogP contribution in [0.4, 0.5) is 0 Å². The van der Waals surface area contributed by atoms with Gasteiger partial charge < -0.3 is 0 Å². The van der Waals surface area contributed by atoms with Crippen molar-refractivity contribution < 1.29 is 0 Å². The van der Waals surface area contributed by atoms with E-state index in [4.69, 9.17) is 0 Å². The number of aromatic nitrogens is 4. The average Bonchev–Trinajstić information content (AvgIpc) is 2.88. The maximum absolute atomic E-state index is 4.02. The Bertz CT molecular complexity index is 555. The Kier molecular flexibility index (Phi) is 1.57. The van der Waals surface area contributed by atoms with Gasteiger partial charge in [0, 0.05) is 11.8 Å². The van der Waals surface area contributed by atoms with E-state index in [2.05, 4.69) is 19.8 Å². The standard InChI is InChI=1S/C9H6N4S/c1-2-9-8(12-13-14-9)5-6(1)7-3-4-10-11-7/h1-5H,(H,10,11). The monoisotopic (exact) mass is 202 g/mol. The van der Waals surface area contributed by atoms with Crippen LogP contribution in [0.2, 0.25) is 0 Å². The second-order valence-electron chi connectivity index (χ2n) is 2.93. The molecule has 0 fully saturated rings. The third kappa shape index (κ3) is 1.10. The van der Waals surface area contributed by atoms with Gasteiger partial charge in [-0.1, -0.05) is 10.6 Å². The zero-order valence-electron chi connectivity index (χ0n) is 7.14. The van der Waals surface area contributed by atoms with Crippen molar-refractivity contribution in [2.24, 2.45) is 0 Å². The third-order valence-corrected chi connectivity index (χ3v) is 2.76. The topological polar surface area (TPSA) is 54.5 Å². The van der Waals surface area contributed by atoms with Crippen molar-refractivity contribution in [2.75, 3.05) is 0 Å². The second kappa shape index (κ2) is 2.88. The van der Waals surface area contributed by atoms with E-state index >= 15 is 0 Å². The summed E-state index contributed by atoms with van der Waals surface area (Å²) in [4.78, 5) is 0. The van der Waals surface area contributed by atoms with E-state index < -0.39 is 0 Å². The van der Waals surface area contributed by atoms with Gasteiger partial charge in [0.15, 0.2) is 0 Å². The lowest BCUT2D eigenvalue weighted by Crippen LogP contribution is -1.78. The number of nitrogens with one attached hydrogen (secondary N) is 1. The fourth-order valence-corrected chi connectivity index (χ4v) is 1.90. The number of rotatable bonds is 1. The van der Waals surface area contributed by atoms with Gasteiger partial charge in [0.2, 0.25) is 0 Å². The highest BCUT2D eigenvalue weighted by Crippen LogP contribution is 2.22. The number of H-pyrrole nitrogens is 1. The van der Waals surface area contributed by atoms with Crippen LogP contribution >= 0.6 is 11.5 Å². The van der Waals surface area contributed by atoms with E-state index in [-0.39, 0.29) is 0 Å². The molecule has 4 nitrogen and oxygen atoms in total. The van der Waals surface area contributed by atoms with Gasteiger partial charge in [-0.3, -0.25) is 5.10 Å². The van der Waals surface area contributed by atoms with Crippen molar-refractivity contribution in [2.45, 2.75) is 0 Å². The predicted octanol–water partition coefficient (Wildman–Crippen LogP) is 2.08. The Morgan fingerprint density at radius 2 is 2.21 bits per heavy atom. The van der Waals surface area contributed by atoms with E-state index in [1.54, 1.807) is 6.20 Å². The molecule has 0 saturated carbocycles. The van der Waals surface area contributed by atoms with Gasteiger partial charge in [-0.15, -0.1) is 5.10 Å². The van der Waals surface area contributed by atoms with E-state index in [0.717, 1.165) is 21.5 Å². The van der Waals surface area contributed by atoms with Crippen LogP contribution in [0.3, 0.4) is 0 Å². The molecule has 5 heteroatoms. The summed E-state index contributed by atoms with van der Waals surface area (Å²) >= 11 is 1.41. The van der Waals surface area contributed by atoms with Crippen molar-refractivity contribution in [3.05, 3.63) is 30.5 Å². The van der Waals surface area contributed by atoms with Gasteiger partial charge >= 0.3 is 0 Å². The summed E-state index contributed by atoms with van der Waals surface area (Å²) in [6.45, 7) is 0. The van der Waals surface area contributed by atoms with Crippen LogP contribution in [0.5, 0.6) is 0 Å². The van der Waals surface area contributed by atoms with Crippen LogP contribution in [-0.4, -0.2) is 19.8 Å². The lowest BCUT2D eigenvalue weighted by atomic mass is 10.1. The zero-order valence-corrected chi connectivity index (χ0v) is 7.95. The Labute approximate surface area is 83.8 Å². The van der Waals surface area contributed by atoms with Crippen LogP contribution in [0.25, 0.3) is 21.5 Å². The number of benzene rings is 1. The number of nitrogens with zero attached hydrogens (tertiary/aromatic N) is 3. The van der Waals surface area contributed by atoms with Crippen LogP contribution < -0.4 is 0 Å². The SMILES string of the molecule is c1cc(-c2ccc3snnc3c2)[nH]n1. The number of aromatic amines is 1. The molecule has 3 aromatic rings. The molecule has 0 aliphatic heterocycles. The summed E-state index contributed by atoms with van der Waals surface area (Å²) in [7, 11) is 0. The van der Waals surface area contributed by atoms with Gasteiger partial charge in [0.25, 0.3) is 0 Å². The minimum atomic E-state index is 0.933. The number of hydrogen-bond acceptors (Lipinski definition) is 4. The van der Waals surface area contributed by atoms with Crippen molar-refractivity contribution in [1.82, 2.24) is 19.8 Å². The summed E-state index contributed by atoms with van der Waals surface area (Å²) in [5, 5.41) is 10.8. The molecule has 2 aromatic heterocycles. The molecule has 0 spiro atoms. The normalized spacial score (nSPS) is 10.9. The first kappa shape index (κ1) is 7.64. The molecular formula is C9H6N4S. The van der Waals surface area contributed by atoms with Crippen LogP contribution in [0, 0.1) is 0 Å². The van der Waals surface area contributed by atoms with Crippen LogP contribution in [0.1, 0.15) is 0 Å². The van der Waals surface area contributed by atoms with Crippen LogP contribution in [0.15, 0.2) is 30.5 Å². The molecule has 3 rings (SSSR count). The van der Waals surface area contributed by atoms with Gasteiger partial charge in [0.1, 0.15) is 5.52 Å². The molecule has 0 unspecified atom stereocenters. The fraction of sp³-hybridized carbons (Fsp3) is 0. The Morgan fingerprint density at radius 1 is 1.21 bits per heavy atom. The largest absolute Gasteiger partial charge is 0.278 e. The minimum absolute atomic E-state index is 0.933. The highest BCUT2D eigenvalue weighted by Gasteiger charge is 2.02. The smallest absolute Gasteiger partial charge is 0.106 e. The number of hydrogen-bond donors (Lipinski definition) is 1. The summed E-state index contributed by atoms with van der Waals surface area (Å²) in [6.07, 6.45) is 1.73. The summed E-state index contributed by atoms with van der Waals surface area (Å²) < 4.78 is 4.99. The molecular weight excluding hydrogens is 196 g/mol. The maximum atomic E-state index is 4.02. The molecule has 14 heavy (non-hydrogen) atoms. The third-order valence-electron chi connectivity index (χ3n) is 2.06. The second-order valence-corrected chi connectivity index (χ2v) is 3.71. The highest BCUT2D eigenvalue weighted by molar-refractivity contribution is 7.12. The molecule has 0 radical (unpaired) electrons. The first-order chi connectivity index (χ1) is 6.93. The van der Waals surface area contributed by atoms with Gasteiger partial charge in [-0.2, -0.15) is 5.10 Å². The zero-order chi connectivity index (χ0) is 9.38. The Balaban J connectivity index is 2.23. The Hall–Kier alpha value is -1.75. The molecule has 0 atom stereocenters. The van der Waals surface area contributed by atoms with E-state index in [0.29, 0.717) is 0 Å². The molecule has 1 aromatic carbocycles. The lowest BCUT2D eigenvalue weighted by molar-refractivity contribution is 1.10. The van der Waals surface area contributed by atoms with E-state index in [9.17, 15) is 0 Å². The summed E-state index contributed by atoms with van der Waals surface area (Å²) in [5.41, 5.74) is 3.02. The van der Waals surface area contributed by atoms with Crippen LogP contribution in [-0.2, 0) is 0 Å². The van der Waals surface area contributed by atoms with Crippen molar-refractivity contribution in [3.63, 3.8) is 0 Å². The van der Waals surface area contributed by atoms with Crippen molar-refractivity contribution in [1.29, 1.82) is 0 Å². The molecule has 0 aliphatic rings. The van der Waals surface area contributed by atoms with Crippen molar-refractivity contribution in [3.8, 4) is 11.3 Å². The molecule has 2 heterocycles. The Morgan fingerprint density at radius 3 is 3.07 bits per heavy atom. The molecule has 1 N–H and O–H groups in total. The van der Waals surface area contributed by atoms with Gasteiger partial charge in [0.05, 0.1) is 10.4 Å². The van der Waals surface area contributed by atoms with E-state index in [1.807, 2.05) is 24.3 Å². The molecule has 68 valence electrons. The number of fused-ring (bicyclic) bond motifs is 1. The first-order valence-electron chi connectivity index (χ1n) is 4.15. The minimum Gasteiger partial charge on any atom is -0.278 e. The summed E-state index contributed by atoms with van der Waals surface area (Å²) in [6, 6.07) is 8.00. The molecule has 0 aliphatic carbocycles. The molecule has 0 saturated heterocycles. The van der Waals surface area contributed by atoms with E-state index in [1.165, 1.54) is 11.5 Å². The first-order valence-corrected chi connectivity index (χ1v) is 4.93. The molecule has 0 amide bonds. The highest BCUT2D eigenvalue weighted by atomic mass is 32.1. The quantitative estimate of drug-likeness (QED) is 0.657. The maximum Gasteiger partial charge on any atom is 0.106 e. The summed E-state index contributed by atoms with van der Waals surface area (Å²) in [5.74, 6) is 0. The van der Waals surface area contributed by atoms with Gasteiger partial charge in [-0.25, -0.2) is 0 Å². The van der Waals surface area contributed by atoms with Crippen molar-refractivity contribution >= 4 is 21.7 Å². The lowest BCUT2D eigenvalue weighted by Gasteiger charge is -1.95. The fourth-order valence-electron chi connectivity index (χ4n) is 1.37.